The number of hydrogen-bond acceptors (Lipinski definition) is 5. The Labute approximate surface area is 103 Å². The van der Waals surface area contributed by atoms with Crippen molar-refractivity contribution < 1.29 is 19.4 Å². The maximum Gasteiger partial charge on any atom is 0.289 e. The molecular weight excluding hydrogens is 242 g/mol. The van der Waals surface area contributed by atoms with Gasteiger partial charge in [0.05, 0.1) is 18.0 Å². The number of amides is 1. The topological polar surface area (TPSA) is 73.9 Å². The summed E-state index contributed by atoms with van der Waals surface area (Å²) in [6, 6.07) is 3.40. The lowest BCUT2D eigenvalue weighted by Crippen LogP contribution is -2.29. The number of carbonyl (C=O) groups is 1. The molecule has 2 heterocycles. The first-order valence-corrected chi connectivity index (χ1v) is 6.74. The van der Waals surface area contributed by atoms with E-state index in [0.717, 1.165) is 11.5 Å². The molecule has 0 radical (unpaired) electrons. The lowest BCUT2D eigenvalue weighted by Gasteiger charge is -2.12. The summed E-state index contributed by atoms with van der Waals surface area (Å²) in [6.45, 7) is 0.303. The van der Waals surface area contributed by atoms with E-state index >= 15 is 0 Å². The van der Waals surface area contributed by atoms with Crippen molar-refractivity contribution in [3.63, 3.8) is 0 Å². The molecule has 0 aromatic carbocycles. The van der Waals surface area contributed by atoms with Crippen molar-refractivity contribution in [2.75, 3.05) is 19.3 Å². The van der Waals surface area contributed by atoms with E-state index in [2.05, 4.69) is 0 Å². The zero-order chi connectivity index (χ0) is 12.4. The average Bonchev–Trinajstić information content (AvgIpc) is 2.87. The molecule has 17 heavy (non-hydrogen) atoms. The van der Waals surface area contributed by atoms with E-state index in [4.69, 9.17) is 4.42 Å². The van der Waals surface area contributed by atoms with Crippen LogP contribution in [0.25, 0.3) is 0 Å². The van der Waals surface area contributed by atoms with Gasteiger partial charge in [-0.15, -0.1) is 0 Å². The van der Waals surface area contributed by atoms with E-state index in [9.17, 15) is 15.0 Å². The van der Waals surface area contributed by atoms with Gasteiger partial charge in [-0.2, -0.15) is 11.8 Å². The van der Waals surface area contributed by atoms with Crippen LogP contribution < -0.4 is 0 Å². The van der Waals surface area contributed by atoms with Gasteiger partial charge < -0.3 is 19.5 Å². The molecule has 0 unspecified atom stereocenters. The predicted octanol–water partition coefficient (Wildman–Crippen LogP) is 0.320. The molecule has 0 bridgehead atoms. The molecule has 1 aromatic heterocycles. The number of β-amino-alcohol motifs (C(OH)–C–C–N with tert-alkyl or cyclic N) is 2. The first-order valence-electron chi connectivity index (χ1n) is 5.35. The third-order valence-corrected chi connectivity index (χ3v) is 3.28. The highest BCUT2D eigenvalue weighted by molar-refractivity contribution is 7.97. The smallest absolute Gasteiger partial charge is 0.289 e. The van der Waals surface area contributed by atoms with Gasteiger partial charge in [0.15, 0.2) is 5.76 Å². The third kappa shape index (κ3) is 2.65. The zero-order valence-electron chi connectivity index (χ0n) is 9.50. The quantitative estimate of drug-likeness (QED) is 0.816. The van der Waals surface area contributed by atoms with Crippen molar-refractivity contribution in [2.45, 2.75) is 18.0 Å². The Morgan fingerprint density at radius 1 is 1.47 bits per heavy atom. The Bertz CT molecular complexity index is 396. The number of carbonyl (C=O) groups excluding carboxylic acids is 1. The second-order valence-electron chi connectivity index (χ2n) is 4.04. The minimum atomic E-state index is -0.861. The summed E-state index contributed by atoms with van der Waals surface area (Å²) < 4.78 is 5.39. The molecule has 1 fully saturated rings. The van der Waals surface area contributed by atoms with Crippen LogP contribution in [0, 0.1) is 0 Å². The Hall–Kier alpha value is -0.980. The van der Waals surface area contributed by atoms with E-state index in [0.29, 0.717) is 0 Å². The van der Waals surface area contributed by atoms with Crippen molar-refractivity contribution in [3.05, 3.63) is 23.7 Å². The fourth-order valence-corrected chi connectivity index (χ4v) is 2.24. The van der Waals surface area contributed by atoms with Gasteiger partial charge in [0.1, 0.15) is 5.76 Å². The van der Waals surface area contributed by atoms with Gasteiger partial charge in [0.2, 0.25) is 0 Å². The summed E-state index contributed by atoms with van der Waals surface area (Å²) in [5.74, 6) is 1.45. The van der Waals surface area contributed by atoms with Gasteiger partial charge in [-0.1, -0.05) is 0 Å². The number of aliphatic hydroxyl groups excluding tert-OH is 2. The summed E-state index contributed by atoms with van der Waals surface area (Å²) in [5.41, 5.74) is 0. The van der Waals surface area contributed by atoms with Crippen LogP contribution in [0.2, 0.25) is 0 Å². The van der Waals surface area contributed by atoms with Crippen LogP contribution >= 0.6 is 11.8 Å². The summed E-state index contributed by atoms with van der Waals surface area (Å²) in [5, 5.41) is 18.8. The summed E-state index contributed by atoms with van der Waals surface area (Å²) in [7, 11) is 0. The van der Waals surface area contributed by atoms with Crippen LogP contribution in [0.1, 0.15) is 16.3 Å². The lowest BCUT2D eigenvalue weighted by molar-refractivity contribution is 0.0572. The van der Waals surface area contributed by atoms with Gasteiger partial charge in [0, 0.05) is 13.1 Å². The summed E-state index contributed by atoms with van der Waals surface area (Å²) in [6.07, 6.45) is 0.233. The zero-order valence-corrected chi connectivity index (χ0v) is 10.3. The van der Waals surface area contributed by atoms with Crippen molar-refractivity contribution in [3.8, 4) is 0 Å². The molecule has 2 N–H and O–H groups in total. The minimum Gasteiger partial charge on any atom is -0.455 e. The Morgan fingerprint density at radius 3 is 2.71 bits per heavy atom. The predicted molar refractivity (Wildman–Crippen MR) is 63.8 cm³/mol. The highest BCUT2D eigenvalue weighted by atomic mass is 32.2. The Balaban J connectivity index is 2.04. The normalized spacial score (nSPS) is 24.3. The van der Waals surface area contributed by atoms with E-state index < -0.39 is 12.2 Å². The number of thioether (sulfide) groups is 1. The molecule has 1 aliphatic heterocycles. The first-order chi connectivity index (χ1) is 8.11. The van der Waals surface area contributed by atoms with Gasteiger partial charge in [-0.05, 0) is 18.4 Å². The maximum atomic E-state index is 12.0. The molecule has 94 valence electrons. The minimum absolute atomic E-state index is 0.151. The standard InChI is InChI=1S/C11H15NO4S/c1-17-6-7-2-3-10(16-7)11(15)12-4-8(13)9(14)5-12/h2-3,8-9,13-14H,4-6H2,1H3/t8-,9+. The van der Waals surface area contributed by atoms with E-state index in [1.807, 2.05) is 6.26 Å². The fraction of sp³-hybridized carbons (Fsp3) is 0.545. The number of likely N-dealkylation sites (tertiary alicyclic amines) is 1. The molecule has 0 spiro atoms. The van der Waals surface area contributed by atoms with Crippen molar-refractivity contribution in [1.82, 2.24) is 4.90 Å². The molecule has 1 saturated heterocycles. The van der Waals surface area contributed by atoms with Crippen LogP contribution in [0.4, 0.5) is 0 Å². The molecule has 5 nitrogen and oxygen atoms in total. The van der Waals surface area contributed by atoms with Gasteiger partial charge in [-0.25, -0.2) is 0 Å². The maximum absolute atomic E-state index is 12.0. The van der Waals surface area contributed by atoms with E-state index in [1.54, 1.807) is 23.9 Å². The molecule has 0 aliphatic carbocycles. The molecular formula is C11H15NO4S. The molecule has 1 aliphatic rings. The van der Waals surface area contributed by atoms with Crippen LogP contribution in [0.3, 0.4) is 0 Å². The largest absolute Gasteiger partial charge is 0.455 e. The second kappa shape index (κ2) is 5.12. The highest BCUT2D eigenvalue weighted by Crippen LogP contribution is 2.18. The van der Waals surface area contributed by atoms with E-state index in [-0.39, 0.29) is 24.8 Å². The summed E-state index contributed by atoms with van der Waals surface area (Å²) >= 11 is 1.61. The molecule has 0 saturated carbocycles. The molecule has 1 aromatic rings. The van der Waals surface area contributed by atoms with Gasteiger partial charge in [0.25, 0.3) is 5.91 Å². The third-order valence-electron chi connectivity index (χ3n) is 2.71. The number of furan rings is 1. The summed E-state index contributed by atoms with van der Waals surface area (Å²) in [4.78, 5) is 13.4. The molecule has 6 heteroatoms. The van der Waals surface area contributed by atoms with Crippen LogP contribution in [-0.2, 0) is 5.75 Å². The lowest BCUT2D eigenvalue weighted by atomic mass is 10.3. The van der Waals surface area contributed by atoms with Crippen molar-refractivity contribution in [2.24, 2.45) is 0 Å². The number of aliphatic hydroxyl groups is 2. The highest BCUT2D eigenvalue weighted by Gasteiger charge is 2.33. The first kappa shape index (κ1) is 12.5. The van der Waals surface area contributed by atoms with Gasteiger partial charge >= 0.3 is 0 Å². The molecule has 2 atom stereocenters. The SMILES string of the molecule is CSCc1ccc(C(=O)N2C[C@@H](O)[C@@H](O)C2)o1. The Kier molecular flexibility index (Phi) is 3.76. The number of rotatable bonds is 3. The number of hydrogen-bond donors (Lipinski definition) is 2. The Morgan fingerprint density at radius 2 is 2.12 bits per heavy atom. The van der Waals surface area contributed by atoms with E-state index in [1.165, 1.54) is 4.90 Å². The van der Waals surface area contributed by atoms with Crippen molar-refractivity contribution >= 4 is 17.7 Å². The van der Waals surface area contributed by atoms with Crippen LogP contribution in [-0.4, -0.2) is 52.6 Å². The van der Waals surface area contributed by atoms with Gasteiger partial charge in [-0.3, -0.25) is 4.79 Å². The molecule has 2 rings (SSSR count). The molecule has 1 amide bonds. The second-order valence-corrected chi connectivity index (χ2v) is 4.91. The number of nitrogens with zero attached hydrogens (tertiary/aromatic N) is 1. The fourth-order valence-electron chi connectivity index (χ4n) is 1.80. The van der Waals surface area contributed by atoms with Crippen LogP contribution in [0.5, 0.6) is 0 Å². The average molecular weight is 257 g/mol. The van der Waals surface area contributed by atoms with Crippen molar-refractivity contribution in [1.29, 1.82) is 0 Å². The monoisotopic (exact) mass is 257 g/mol. The van der Waals surface area contributed by atoms with Crippen LogP contribution in [0.15, 0.2) is 16.5 Å².